The van der Waals surface area contributed by atoms with Crippen LogP contribution in [0.1, 0.15) is 16.7 Å². The molecule has 1 atom stereocenters. The Morgan fingerprint density at radius 3 is 2.67 bits per heavy atom. The molecule has 7 heteroatoms. The molecular weight excluding hydrogens is 346 g/mol. The minimum absolute atomic E-state index is 0.0223. The third kappa shape index (κ3) is 4.25. The fourth-order valence-electron chi connectivity index (χ4n) is 2.84. The van der Waals surface area contributed by atoms with Crippen LogP contribution in [-0.4, -0.2) is 28.2 Å². The molecule has 3 aromatic rings. The minimum Gasteiger partial charge on any atom is -0.480 e. The van der Waals surface area contributed by atoms with E-state index in [0.717, 1.165) is 11.1 Å². The molecule has 0 radical (unpaired) electrons. The lowest BCUT2D eigenvalue weighted by Gasteiger charge is -2.14. The molecule has 3 N–H and O–H groups in total. The fraction of sp³-hybridized carbons (Fsp3) is 0.150. The van der Waals surface area contributed by atoms with Crippen molar-refractivity contribution in [1.29, 1.82) is 5.26 Å². The lowest BCUT2D eigenvalue weighted by Crippen LogP contribution is -2.42. The lowest BCUT2D eigenvalue weighted by molar-refractivity contribution is -0.139. The zero-order valence-electron chi connectivity index (χ0n) is 14.3. The van der Waals surface area contributed by atoms with Crippen LogP contribution in [0.4, 0.5) is 4.79 Å². The van der Waals surface area contributed by atoms with E-state index < -0.39 is 18.1 Å². The number of benzene rings is 2. The predicted octanol–water partition coefficient (Wildman–Crippen LogP) is 2.96. The van der Waals surface area contributed by atoms with E-state index in [1.54, 1.807) is 36.5 Å². The summed E-state index contributed by atoms with van der Waals surface area (Å²) >= 11 is 0. The molecule has 1 amide bonds. The summed E-state index contributed by atoms with van der Waals surface area (Å²) in [6, 6.07) is 15.2. The zero-order chi connectivity index (χ0) is 19.2. The van der Waals surface area contributed by atoms with Gasteiger partial charge in [0.15, 0.2) is 0 Å². The zero-order valence-corrected chi connectivity index (χ0v) is 14.3. The lowest BCUT2D eigenvalue weighted by atomic mass is 10.0. The van der Waals surface area contributed by atoms with Crippen LogP contribution in [0.2, 0.25) is 0 Å². The Morgan fingerprint density at radius 1 is 1.19 bits per heavy atom. The van der Waals surface area contributed by atoms with Gasteiger partial charge in [-0.05, 0) is 23.3 Å². The number of carbonyl (C=O) groups is 2. The maximum atomic E-state index is 12.0. The Labute approximate surface area is 155 Å². The monoisotopic (exact) mass is 363 g/mol. The molecule has 0 aliphatic carbocycles. The highest BCUT2D eigenvalue weighted by Gasteiger charge is 2.23. The SMILES string of the molecule is N#Cc1cccc2[nH]cc(C[C@H](NC(=O)OCc3ccccc3)C(=O)O)c12. The van der Waals surface area contributed by atoms with Crippen LogP contribution in [-0.2, 0) is 22.6 Å². The van der Waals surface area contributed by atoms with Gasteiger partial charge in [-0.15, -0.1) is 0 Å². The van der Waals surface area contributed by atoms with E-state index in [1.807, 2.05) is 18.2 Å². The van der Waals surface area contributed by atoms with Crippen molar-refractivity contribution in [3.05, 3.63) is 71.4 Å². The van der Waals surface area contributed by atoms with Crippen molar-refractivity contribution >= 4 is 23.0 Å². The van der Waals surface area contributed by atoms with E-state index in [9.17, 15) is 20.0 Å². The number of carbonyl (C=O) groups excluding carboxylic acids is 1. The van der Waals surface area contributed by atoms with Gasteiger partial charge in [0.25, 0.3) is 0 Å². The van der Waals surface area contributed by atoms with Crippen LogP contribution in [0.25, 0.3) is 10.9 Å². The predicted molar refractivity (Wildman–Crippen MR) is 97.9 cm³/mol. The first-order chi connectivity index (χ1) is 13.1. The summed E-state index contributed by atoms with van der Waals surface area (Å²) in [5, 5.41) is 21.8. The molecule has 0 unspecified atom stereocenters. The molecule has 3 rings (SSSR count). The number of H-pyrrole nitrogens is 1. The first-order valence-corrected chi connectivity index (χ1v) is 8.27. The Bertz CT molecular complexity index is 1000. The van der Waals surface area contributed by atoms with Gasteiger partial charge in [0.2, 0.25) is 0 Å². The second-order valence-corrected chi connectivity index (χ2v) is 5.95. The van der Waals surface area contributed by atoms with E-state index in [-0.39, 0.29) is 13.0 Å². The van der Waals surface area contributed by atoms with Gasteiger partial charge < -0.3 is 20.1 Å². The number of hydrogen-bond acceptors (Lipinski definition) is 4. The van der Waals surface area contributed by atoms with E-state index in [0.29, 0.717) is 16.5 Å². The summed E-state index contributed by atoms with van der Waals surface area (Å²) in [5.41, 5.74) is 2.62. The van der Waals surface area contributed by atoms with Crippen LogP contribution in [0.5, 0.6) is 0 Å². The maximum Gasteiger partial charge on any atom is 0.408 e. The quantitative estimate of drug-likeness (QED) is 0.623. The topological polar surface area (TPSA) is 115 Å². The molecule has 136 valence electrons. The average Bonchev–Trinajstić information content (AvgIpc) is 3.09. The average molecular weight is 363 g/mol. The van der Waals surface area contributed by atoms with Gasteiger partial charge in [-0.1, -0.05) is 36.4 Å². The maximum absolute atomic E-state index is 12.0. The number of nitriles is 1. The molecule has 1 heterocycles. The standard InChI is InChI=1S/C20H17N3O4/c21-10-14-7-4-8-16-18(14)15(11-22-16)9-17(19(24)25)23-20(26)27-12-13-5-2-1-3-6-13/h1-8,11,17,22H,9,12H2,(H,23,26)(H,24,25)/t17-/m0/s1. The smallest absolute Gasteiger partial charge is 0.408 e. The number of ether oxygens (including phenoxy) is 1. The number of amides is 1. The van der Waals surface area contributed by atoms with Crippen molar-refractivity contribution in [2.75, 3.05) is 0 Å². The largest absolute Gasteiger partial charge is 0.480 e. The molecule has 1 aromatic heterocycles. The van der Waals surface area contributed by atoms with Gasteiger partial charge in [-0.25, -0.2) is 9.59 Å². The van der Waals surface area contributed by atoms with Crippen molar-refractivity contribution in [3.63, 3.8) is 0 Å². The van der Waals surface area contributed by atoms with Crippen molar-refractivity contribution in [1.82, 2.24) is 10.3 Å². The molecule has 0 aliphatic heterocycles. The van der Waals surface area contributed by atoms with Crippen LogP contribution < -0.4 is 5.32 Å². The van der Waals surface area contributed by atoms with E-state index in [2.05, 4.69) is 16.4 Å². The number of aromatic amines is 1. The summed E-state index contributed by atoms with van der Waals surface area (Å²) in [6.07, 6.45) is 0.860. The first-order valence-electron chi connectivity index (χ1n) is 8.27. The normalized spacial score (nSPS) is 11.5. The number of aromatic nitrogens is 1. The number of carboxylic acids is 1. The summed E-state index contributed by atoms with van der Waals surface area (Å²) in [4.78, 5) is 26.6. The summed E-state index contributed by atoms with van der Waals surface area (Å²) in [7, 11) is 0. The number of nitrogens with one attached hydrogen (secondary N) is 2. The number of fused-ring (bicyclic) bond motifs is 1. The molecular formula is C20H17N3O4. The Morgan fingerprint density at radius 2 is 1.96 bits per heavy atom. The molecule has 27 heavy (non-hydrogen) atoms. The van der Waals surface area contributed by atoms with Gasteiger partial charge in [-0.2, -0.15) is 5.26 Å². The molecule has 2 aromatic carbocycles. The number of aliphatic carboxylic acids is 1. The number of nitrogens with zero attached hydrogens (tertiary/aromatic N) is 1. The molecule has 0 saturated heterocycles. The van der Waals surface area contributed by atoms with E-state index >= 15 is 0 Å². The van der Waals surface area contributed by atoms with Crippen LogP contribution in [0.15, 0.2) is 54.7 Å². The molecule has 0 fully saturated rings. The number of hydrogen-bond donors (Lipinski definition) is 3. The van der Waals surface area contributed by atoms with Gasteiger partial charge >= 0.3 is 12.1 Å². The summed E-state index contributed by atoms with van der Waals surface area (Å²) < 4.78 is 5.09. The van der Waals surface area contributed by atoms with Crippen LogP contribution >= 0.6 is 0 Å². The number of alkyl carbamates (subject to hydrolysis) is 1. The Balaban J connectivity index is 1.70. The summed E-state index contributed by atoms with van der Waals surface area (Å²) in [6.45, 7) is 0.0463. The number of rotatable bonds is 6. The van der Waals surface area contributed by atoms with Crippen LogP contribution in [0, 0.1) is 11.3 Å². The third-order valence-corrected chi connectivity index (χ3v) is 4.13. The van der Waals surface area contributed by atoms with Crippen molar-refractivity contribution in [3.8, 4) is 6.07 Å². The van der Waals surface area contributed by atoms with Crippen molar-refractivity contribution < 1.29 is 19.4 Å². The van der Waals surface area contributed by atoms with Crippen molar-refractivity contribution in [2.45, 2.75) is 19.1 Å². The first kappa shape index (κ1) is 18.0. The molecule has 0 aliphatic rings. The molecule has 0 spiro atoms. The highest BCUT2D eigenvalue weighted by atomic mass is 16.5. The highest BCUT2D eigenvalue weighted by molar-refractivity contribution is 5.90. The second-order valence-electron chi connectivity index (χ2n) is 5.95. The van der Waals surface area contributed by atoms with E-state index in [4.69, 9.17) is 4.74 Å². The van der Waals surface area contributed by atoms with Gasteiger partial charge in [0.05, 0.1) is 11.6 Å². The highest BCUT2D eigenvalue weighted by Crippen LogP contribution is 2.23. The molecule has 0 saturated carbocycles. The Kier molecular flexibility index (Phi) is 5.38. The fourth-order valence-corrected chi connectivity index (χ4v) is 2.84. The molecule has 0 bridgehead atoms. The van der Waals surface area contributed by atoms with Crippen molar-refractivity contribution in [2.24, 2.45) is 0 Å². The van der Waals surface area contributed by atoms with Gasteiger partial charge in [0, 0.05) is 23.5 Å². The van der Waals surface area contributed by atoms with Gasteiger partial charge in [-0.3, -0.25) is 0 Å². The minimum atomic E-state index is -1.18. The van der Waals surface area contributed by atoms with E-state index in [1.165, 1.54) is 0 Å². The number of carboxylic acid groups (broad SMARTS) is 1. The second kappa shape index (κ2) is 8.06. The van der Waals surface area contributed by atoms with Gasteiger partial charge in [0.1, 0.15) is 12.6 Å². The summed E-state index contributed by atoms with van der Waals surface area (Å²) in [5.74, 6) is -1.18. The third-order valence-electron chi connectivity index (χ3n) is 4.13. The molecule has 7 nitrogen and oxygen atoms in total. The van der Waals surface area contributed by atoms with Crippen LogP contribution in [0.3, 0.4) is 0 Å². The Hall–Kier alpha value is -3.79.